The molecule has 0 saturated carbocycles. The molecule has 0 heterocycles. The highest BCUT2D eigenvalue weighted by Crippen LogP contribution is 2.24. The predicted molar refractivity (Wildman–Crippen MR) is 115 cm³/mol. The molecule has 2 aromatic rings. The fourth-order valence-corrected chi connectivity index (χ4v) is 3.94. The molecule has 9 heteroatoms. The molecule has 0 saturated heterocycles. The third-order valence-electron chi connectivity index (χ3n) is 3.75. The molecule has 0 atom stereocenters. The van der Waals surface area contributed by atoms with E-state index in [1.165, 1.54) is 19.2 Å². The second kappa shape index (κ2) is 9.68. The van der Waals surface area contributed by atoms with Gasteiger partial charge in [-0.05, 0) is 35.9 Å². The van der Waals surface area contributed by atoms with Crippen LogP contribution in [0.5, 0.6) is 0 Å². The third kappa shape index (κ3) is 6.60. The summed E-state index contributed by atoms with van der Waals surface area (Å²) in [5, 5.41) is 3.78. The lowest BCUT2D eigenvalue weighted by Crippen LogP contribution is -2.28. The zero-order valence-electron chi connectivity index (χ0n) is 14.9. The molecule has 0 aliphatic carbocycles. The van der Waals surface area contributed by atoms with Crippen molar-refractivity contribution in [3.05, 3.63) is 63.6 Å². The quantitative estimate of drug-likeness (QED) is 0.620. The van der Waals surface area contributed by atoms with Crippen LogP contribution in [0.15, 0.2) is 42.5 Å². The number of anilines is 1. The van der Waals surface area contributed by atoms with E-state index in [9.17, 15) is 13.2 Å². The summed E-state index contributed by atoms with van der Waals surface area (Å²) in [5.41, 5.74) is 1.74. The summed E-state index contributed by atoms with van der Waals surface area (Å²) < 4.78 is 24.4. The lowest BCUT2D eigenvalue weighted by atomic mass is 10.2. The standard InChI is InChI=1S/C18H20Cl2N2O3S2/c1-22(27(2,24)25)15-6-7-17(20)16(11-15)18(23)21-8-9-26-12-13-4-3-5-14(19)10-13/h3-7,10-11H,8-9,12H2,1-2H3,(H,21,23). The van der Waals surface area contributed by atoms with Gasteiger partial charge in [0.25, 0.3) is 5.91 Å². The maximum absolute atomic E-state index is 12.4. The molecule has 0 aliphatic rings. The van der Waals surface area contributed by atoms with Gasteiger partial charge in [0.05, 0.1) is 22.5 Å². The molecule has 0 spiro atoms. The molecule has 2 rings (SSSR count). The van der Waals surface area contributed by atoms with E-state index in [-0.39, 0.29) is 16.5 Å². The van der Waals surface area contributed by atoms with E-state index >= 15 is 0 Å². The average Bonchev–Trinajstić information content (AvgIpc) is 2.60. The van der Waals surface area contributed by atoms with Crippen molar-refractivity contribution in [3.8, 4) is 0 Å². The maximum Gasteiger partial charge on any atom is 0.252 e. The van der Waals surface area contributed by atoms with E-state index in [0.29, 0.717) is 17.3 Å². The first kappa shape index (κ1) is 21.9. The van der Waals surface area contributed by atoms with Gasteiger partial charge in [-0.15, -0.1) is 0 Å². The van der Waals surface area contributed by atoms with Gasteiger partial charge in [-0.1, -0.05) is 35.3 Å². The van der Waals surface area contributed by atoms with E-state index in [4.69, 9.17) is 23.2 Å². The summed E-state index contributed by atoms with van der Waals surface area (Å²) in [6.07, 6.45) is 1.10. The Bertz CT molecular complexity index is 921. The van der Waals surface area contributed by atoms with Gasteiger partial charge >= 0.3 is 0 Å². The van der Waals surface area contributed by atoms with Crippen molar-refractivity contribution in [3.63, 3.8) is 0 Å². The van der Waals surface area contributed by atoms with Crippen LogP contribution in [0, 0.1) is 0 Å². The van der Waals surface area contributed by atoms with Crippen molar-refractivity contribution in [2.75, 3.05) is 29.9 Å². The highest BCUT2D eigenvalue weighted by atomic mass is 35.5. The molecular weight excluding hydrogens is 427 g/mol. The largest absolute Gasteiger partial charge is 0.351 e. The second-order valence-electron chi connectivity index (χ2n) is 5.83. The number of nitrogens with zero attached hydrogens (tertiary/aromatic N) is 1. The zero-order chi connectivity index (χ0) is 20.0. The second-order valence-corrected chi connectivity index (χ2v) is 9.80. The van der Waals surface area contributed by atoms with E-state index in [1.807, 2.05) is 24.3 Å². The van der Waals surface area contributed by atoms with Crippen LogP contribution in [0.2, 0.25) is 10.0 Å². The van der Waals surface area contributed by atoms with Crippen molar-refractivity contribution < 1.29 is 13.2 Å². The Kier molecular flexibility index (Phi) is 7.85. The lowest BCUT2D eigenvalue weighted by molar-refractivity contribution is 0.0956. The number of hydrogen-bond donors (Lipinski definition) is 1. The van der Waals surface area contributed by atoms with Gasteiger partial charge in [-0.3, -0.25) is 9.10 Å². The number of rotatable bonds is 8. The fraction of sp³-hybridized carbons (Fsp3) is 0.278. The SMILES string of the molecule is CN(c1ccc(Cl)c(C(=O)NCCSCc2cccc(Cl)c2)c1)S(C)(=O)=O. The van der Waals surface area contributed by atoms with Crippen LogP contribution in [-0.4, -0.2) is 39.9 Å². The number of benzene rings is 2. The molecule has 0 aliphatic heterocycles. The molecule has 146 valence electrons. The Labute approximate surface area is 174 Å². The Morgan fingerprint density at radius 1 is 1.19 bits per heavy atom. The smallest absolute Gasteiger partial charge is 0.252 e. The minimum Gasteiger partial charge on any atom is -0.351 e. The van der Waals surface area contributed by atoms with Crippen LogP contribution in [0.1, 0.15) is 15.9 Å². The minimum absolute atomic E-state index is 0.240. The first-order valence-corrected chi connectivity index (χ1v) is 11.8. The summed E-state index contributed by atoms with van der Waals surface area (Å²) in [5.74, 6) is 1.18. The normalized spacial score (nSPS) is 11.3. The number of halogens is 2. The van der Waals surface area contributed by atoms with E-state index in [1.54, 1.807) is 17.8 Å². The van der Waals surface area contributed by atoms with Crippen molar-refractivity contribution in [2.24, 2.45) is 0 Å². The number of carbonyl (C=O) groups is 1. The van der Waals surface area contributed by atoms with E-state index in [2.05, 4.69) is 5.32 Å². The van der Waals surface area contributed by atoms with Gasteiger partial charge < -0.3 is 5.32 Å². The molecule has 2 aromatic carbocycles. The number of sulfonamides is 1. The van der Waals surface area contributed by atoms with Gasteiger partial charge in [0.15, 0.2) is 0 Å². The predicted octanol–water partition coefficient (Wildman–Crippen LogP) is 4.05. The van der Waals surface area contributed by atoms with E-state index in [0.717, 1.165) is 27.6 Å². The summed E-state index contributed by atoms with van der Waals surface area (Å²) in [7, 11) is -2.00. The molecule has 27 heavy (non-hydrogen) atoms. The molecule has 0 fully saturated rings. The Morgan fingerprint density at radius 2 is 1.93 bits per heavy atom. The van der Waals surface area contributed by atoms with Crippen LogP contribution in [0.3, 0.4) is 0 Å². The number of amides is 1. The zero-order valence-corrected chi connectivity index (χ0v) is 18.1. The van der Waals surface area contributed by atoms with Crippen LogP contribution >= 0.6 is 35.0 Å². The highest BCUT2D eigenvalue weighted by molar-refractivity contribution is 7.98. The molecule has 0 unspecified atom stereocenters. The number of hydrogen-bond acceptors (Lipinski definition) is 4. The topological polar surface area (TPSA) is 66.5 Å². The minimum atomic E-state index is -3.42. The highest BCUT2D eigenvalue weighted by Gasteiger charge is 2.16. The third-order valence-corrected chi connectivity index (χ3v) is 6.55. The molecule has 1 N–H and O–H groups in total. The van der Waals surface area contributed by atoms with Gasteiger partial charge in [0.1, 0.15) is 0 Å². The van der Waals surface area contributed by atoms with Crippen LogP contribution in [0.4, 0.5) is 5.69 Å². The number of nitrogens with one attached hydrogen (secondary N) is 1. The molecular formula is C18H20Cl2N2O3S2. The molecule has 0 aromatic heterocycles. The van der Waals surface area contributed by atoms with E-state index < -0.39 is 10.0 Å². The summed E-state index contributed by atoms with van der Waals surface area (Å²) in [4.78, 5) is 12.4. The van der Waals surface area contributed by atoms with Crippen LogP contribution in [0.25, 0.3) is 0 Å². The molecule has 5 nitrogen and oxygen atoms in total. The average molecular weight is 447 g/mol. The number of carbonyl (C=O) groups excluding carboxylic acids is 1. The van der Waals surface area contributed by atoms with Crippen molar-refractivity contribution in [2.45, 2.75) is 5.75 Å². The Hall–Kier alpha value is -1.41. The fourth-order valence-electron chi connectivity index (χ4n) is 2.22. The van der Waals surface area contributed by atoms with Crippen molar-refractivity contribution in [1.82, 2.24) is 5.32 Å². The molecule has 1 amide bonds. The van der Waals surface area contributed by atoms with Gasteiger partial charge in [0, 0.05) is 30.1 Å². The van der Waals surface area contributed by atoms with Crippen molar-refractivity contribution >= 4 is 56.6 Å². The Balaban J connectivity index is 1.90. The monoisotopic (exact) mass is 446 g/mol. The van der Waals surface area contributed by atoms with Gasteiger partial charge in [-0.2, -0.15) is 11.8 Å². The first-order chi connectivity index (χ1) is 12.7. The maximum atomic E-state index is 12.4. The Morgan fingerprint density at radius 3 is 2.59 bits per heavy atom. The summed E-state index contributed by atoms with van der Waals surface area (Å²) in [6, 6.07) is 12.2. The van der Waals surface area contributed by atoms with Gasteiger partial charge in [-0.25, -0.2) is 8.42 Å². The number of thioether (sulfide) groups is 1. The lowest BCUT2D eigenvalue weighted by Gasteiger charge is -2.18. The van der Waals surface area contributed by atoms with Crippen LogP contribution in [-0.2, 0) is 15.8 Å². The van der Waals surface area contributed by atoms with Gasteiger partial charge in [0.2, 0.25) is 10.0 Å². The summed E-state index contributed by atoms with van der Waals surface area (Å²) in [6.45, 7) is 0.465. The summed E-state index contributed by atoms with van der Waals surface area (Å²) >= 11 is 13.7. The van der Waals surface area contributed by atoms with Crippen molar-refractivity contribution in [1.29, 1.82) is 0 Å². The van der Waals surface area contributed by atoms with Crippen LogP contribution < -0.4 is 9.62 Å². The first-order valence-electron chi connectivity index (χ1n) is 8.02. The molecule has 0 bridgehead atoms. The molecule has 0 radical (unpaired) electrons.